The van der Waals surface area contributed by atoms with Crippen LogP contribution in [0.2, 0.25) is 5.02 Å². The second kappa shape index (κ2) is 6.66. The maximum absolute atomic E-state index is 12.6. The maximum atomic E-state index is 12.6. The summed E-state index contributed by atoms with van der Waals surface area (Å²) in [5.41, 5.74) is -0.0219. The monoisotopic (exact) mass is 325 g/mol. The van der Waals surface area contributed by atoms with Crippen molar-refractivity contribution < 1.29 is 18.0 Å². The number of carbonyl (C=O) groups is 1. The summed E-state index contributed by atoms with van der Waals surface area (Å²) in [5, 5.41) is 2.91. The lowest BCUT2D eigenvalue weighted by Crippen LogP contribution is -2.10. The van der Waals surface area contributed by atoms with Crippen molar-refractivity contribution in [3.05, 3.63) is 70.8 Å². The minimum Gasteiger partial charge on any atom is -0.322 e. The molecule has 22 heavy (non-hydrogen) atoms. The van der Waals surface area contributed by atoms with Gasteiger partial charge in [0, 0.05) is 16.8 Å². The Morgan fingerprint density at radius 3 is 2.50 bits per heavy atom. The van der Waals surface area contributed by atoms with Crippen molar-refractivity contribution in [1.82, 2.24) is 0 Å². The third kappa shape index (κ3) is 4.63. The number of nitrogens with one attached hydrogen (secondary N) is 1. The van der Waals surface area contributed by atoms with Crippen molar-refractivity contribution in [3.63, 3.8) is 0 Å². The Hall–Kier alpha value is -2.27. The number of hydrogen-bond acceptors (Lipinski definition) is 1. The van der Waals surface area contributed by atoms with Gasteiger partial charge in [-0.2, -0.15) is 13.2 Å². The fourth-order valence-electron chi connectivity index (χ4n) is 1.74. The molecule has 0 aliphatic rings. The highest BCUT2D eigenvalue weighted by atomic mass is 35.5. The third-order valence-electron chi connectivity index (χ3n) is 2.73. The van der Waals surface area contributed by atoms with E-state index in [4.69, 9.17) is 11.6 Å². The summed E-state index contributed by atoms with van der Waals surface area (Å²) in [7, 11) is 0. The molecule has 0 saturated heterocycles. The van der Waals surface area contributed by atoms with Crippen LogP contribution in [-0.4, -0.2) is 5.91 Å². The van der Waals surface area contributed by atoms with E-state index in [9.17, 15) is 18.0 Å². The number of hydrogen-bond donors (Lipinski definition) is 1. The third-order valence-corrected chi connectivity index (χ3v) is 2.97. The first-order valence-corrected chi connectivity index (χ1v) is 6.64. The topological polar surface area (TPSA) is 29.1 Å². The van der Waals surface area contributed by atoms with Gasteiger partial charge in [0.15, 0.2) is 0 Å². The van der Waals surface area contributed by atoms with Crippen molar-refractivity contribution in [2.45, 2.75) is 6.18 Å². The molecular weight excluding hydrogens is 315 g/mol. The summed E-state index contributed by atoms with van der Waals surface area (Å²) >= 11 is 5.81. The van der Waals surface area contributed by atoms with E-state index in [1.54, 1.807) is 24.3 Å². The zero-order valence-electron chi connectivity index (χ0n) is 11.2. The molecule has 0 saturated carbocycles. The number of amides is 1. The van der Waals surface area contributed by atoms with Gasteiger partial charge in [-0.05, 0) is 42.0 Å². The van der Waals surface area contributed by atoms with Crippen LogP contribution in [0.5, 0.6) is 0 Å². The van der Waals surface area contributed by atoms with Crippen LogP contribution in [0.4, 0.5) is 18.9 Å². The molecule has 2 nitrogen and oxygen atoms in total. The molecule has 1 amide bonds. The van der Waals surface area contributed by atoms with Crippen molar-refractivity contribution in [3.8, 4) is 0 Å². The van der Waals surface area contributed by atoms with E-state index in [0.717, 1.165) is 12.1 Å². The number of rotatable bonds is 3. The highest BCUT2D eigenvalue weighted by Crippen LogP contribution is 2.30. The molecule has 2 aromatic rings. The van der Waals surface area contributed by atoms with Gasteiger partial charge in [-0.25, -0.2) is 0 Å². The van der Waals surface area contributed by atoms with Gasteiger partial charge in [0.2, 0.25) is 5.91 Å². The second-order valence-corrected chi connectivity index (χ2v) is 4.89. The summed E-state index contributed by atoms with van der Waals surface area (Å²) in [6.45, 7) is 0. The summed E-state index contributed by atoms with van der Waals surface area (Å²) in [6.07, 6.45) is -1.70. The molecule has 0 fully saturated rings. The Balaban J connectivity index is 2.06. The largest absolute Gasteiger partial charge is 0.416 e. The molecule has 0 aliphatic carbocycles. The molecule has 114 valence electrons. The van der Waals surface area contributed by atoms with Crippen LogP contribution in [0.3, 0.4) is 0 Å². The highest BCUT2D eigenvalue weighted by molar-refractivity contribution is 6.30. The summed E-state index contributed by atoms with van der Waals surface area (Å²) in [5.74, 6) is -0.528. The number of alkyl halides is 3. The van der Waals surface area contributed by atoms with Crippen LogP contribution in [0.25, 0.3) is 6.08 Å². The number of benzene rings is 2. The first-order valence-electron chi connectivity index (χ1n) is 6.26. The van der Waals surface area contributed by atoms with E-state index < -0.39 is 17.6 Å². The lowest BCUT2D eigenvalue weighted by atomic mass is 10.2. The predicted molar refractivity (Wildman–Crippen MR) is 80.6 cm³/mol. The Morgan fingerprint density at radius 2 is 1.82 bits per heavy atom. The molecule has 1 N–H and O–H groups in total. The fraction of sp³-hybridized carbons (Fsp3) is 0.0625. The number of anilines is 1. The molecule has 0 heterocycles. The van der Waals surface area contributed by atoms with Gasteiger partial charge in [0.25, 0.3) is 0 Å². The minimum absolute atomic E-state index is 0.0792. The smallest absolute Gasteiger partial charge is 0.322 e. The van der Waals surface area contributed by atoms with Crippen LogP contribution in [-0.2, 0) is 11.0 Å². The van der Waals surface area contributed by atoms with Crippen LogP contribution in [0.15, 0.2) is 54.6 Å². The molecule has 0 spiro atoms. The summed E-state index contributed by atoms with van der Waals surface area (Å²) in [6, 6.07) is 11.3. The van der Waals surface area contributed by atoms with E-state index in [0.29, 0.717) is 10.6 Å². The van der Waals surface area contributed by atoms with E-state index in [-0.39, 0.29) is 5.69 Å². The molecule has 0 aliphatic heterocycles. The van der Waals surface area contributed by atoms with Crippen molar-refractivity contribution >= 4 is 29.3 Å². The Kier molecular flexibility index (Phi) is 4.88. The van der Waals surface area contributed by atoms with E-state index in [1.165, 1.54) is 24.3 Å². The first kappa shape index (κ1) is 16.1. The molecular formula is C16H11ClF3NO. The van der Waals surface area contributed by atoms with E-state index >= 15 is 0 Å². The van der Waals surface area contributed by atoms with Crippen molar-refractivity contribution in [2.24, 2.45) is 0 Å². The molecule has 0 aromatic heterocycles. The van der Waals surface area contributed by atoms with Gasteiger partial charge in [-0.15, -0.1) is 0 Å². The quantitative estimate of drug-likeness (QED) is 0.790. The van der Waals surface area contributed by atoms with Gasteiger partial charge in [-0.1, -0.05) is 29.8 Å². The first-order chi connectivity index (χ1) is 10.3. The predicted octanol–water partition coefficient (Wildman–Crippen LogP) is 5.01. The summed E-state index contributed by atoms with van der Waals surface area (Å²) < 4.78 is 37.7. The van der Waals surface area contributed by atoms with Crippen LogP contribution in [0, 0.1) is 0 Å². The Labute approximate surface area is 130 Å². The summed E-state index contributed by atoms with van der Waals surface area (Å²) in [4.78, 5) is 11.7. The van der Waals surface area contributed by atoms with Gasteiger partial charge in [-0.3, -0.25) is 4.79 Å². The van der Waals surface area contributed by atoms with E-state index in [2.05, 4.69) is 5.32 Å². The van der Waals surface area contributed by atoms with Crippen LogP contribution in [0.1, 0.15) is 11.1 Å². The molecule has 0 unspecified atom stereocenters. The van der Waals surface area contributed by atoms with E-state index in [1.807, 2.05) is 0 Å². The zero-order chi connectivity index (χ0) is 16.2. The molecule has 6 heteroatoms. The molecule has 2 aromatic carbocycles. The van der Waals surface area contributed by atoms with Crippen molar-refractivity contribution in [1.29, 1.82) is 0 Å². The Morgan fingerprint density at radius 1 is 1.09 bits per heavy atom. The van der Waals surface area contributed by atoms with Gasteiger partial charge in [0.05, 0.1) is 5.56 Å². The Bertz CT molecular complexity index is 711. The van der Waals surface area contributed by atoms with Gasteiger partial charge >= 0.3 is 6.18 Å². The standard InChI is InChI=1S/C16H11ClF3NO/c17-13-5-1-3-11(9-13)7-8-15(22)21-14-6-2-4-12(10-14)16(18,19)20/h1-10H,(H,21,22)/b8-7+. The minimum atomic E-state index is -4.45. The van der Waals surface area contributed by atoms with Gasteiger partial charge in [0.1, 0.15) is 0 Å². The van der Waals surface area contributed by atoms with Gasteiger partial charge < -0.3 is 5.32 Å². The number of halogens is 4. The van der Waals surface area contributed by atoms with Crippen molar-refractivity contribution in [2.75, 3.05) is 5.32 Å². The second-order valence-electron chi connectivity index (χ2n) is 4.46. The molecule has 2 rings (SSSR count). The average Bonchev–Trinajstić information content (AvgIpc) is 2.45. The average molecular weight is 326 g/mol. The molecule has 0 bridgehead atoms. The molecule has 0 atom stereocenters. The van der Waals surface area contributed by atoms with Crippen LogP contribution < -0.4 is 5.32 Å². The lowest BCUT2D eigenvalue weighted by molar-refractivity contribution is -0.137. The SMILES string of the molecule is O=C(/C=C/c1cccc(Cl)c1)Nc1cccc(C(F)(F)F)c1. The fourth-order valence-corrected chi connectivity index (χ4v) is 1.94. The highest BCUT2D eigenvalue weighted by Gasteiger charge is 2.30. The van der Waals surface area contributed by atoms with Crippen LogP contribution >= 0.6 is 11.6 Å². The zero-order valence-corrected chi connectivity index (χ0v) is 11.9. The normalized spacial score (nSPS) is 11.6. The lowest BCUT2D eigenvalue weighted by Gasteiger charge is -2.08. The number of carbonyl (C=O) groups excluding carboxylic acids is 1. The maximum Gasteiger partial charge on any atom is 0.416 e. The molecule has 0 radical (unpaired) electrons.